The van der Waals surface area contributed by atoms with Crippen molar-refractivity contribution in [1.82, 2.24) is 0 Å². The van der Waals surface area contributed by atoms with E-state index in [1.165, 1.54) is 7.11 Å². The number of ether oxygens (including phenoxy) is 1. The van der Waals surface area contributed by atoms with Gasteiger partial charge in [0.05, 0.1) is 6.07 Å². The Hall–Kier alpha value is -0.0951. The summed E-state index contributed by atoms with van der Waals surface area (Å²) in [6.07, 6.45) is 0.562. The van der Waals surface area contributed by atoms with Crippen molar-refractivity contribution < 1.29 is 4.74 Å². The highest BCUT2D eigenvalue weighted by Gasteiger charge is 1.96. The zero-order valence-electron chi connectivity index (χ0n) is 6.37. The third-order valence-corrected chi connectivity index (χ3v) is 0.799. The average Bonchev–Trinajstić information content (AvgIpc) is 1.96. The van der Waals surface area contributed by atoms with Gasteiger partial charge in [0.25, 0.3) is 0 Å². The van der Waals surface area contributed by atoms with Crippen molar-refractivity contribution in [2.75, 3.05) is 7.11 Å². The van der Waals surface area contributed by atoms with E-state index in [0.717, 1.165) is 6.42 Å². The van der Waals surface area contributed by atoms with Crippen molar-refractivity contribution in [3.8, 4) is 6.07 Å². The van der Waals surface area contributed by atoms with Crippen LogP contribution in [0.25, 0.3) is 0 Å². The molecule has 0 aromatic carbocycles. The van der Waals surface area contributed by atoms with Crippen LogP contribution in [0.4, 0.5) is 0 Å². The van der Waals surface area contributed by atoms with Crippen LogP contribution in [-0.2, 0) is 4.74 Å². The monoisotopic (exact) mass is 159 g/mol. The fourth-order valence-corrected chi connectivity index (χ4v) is 0.311. The van der Waals surface area contributed by atoms with E-state index in [1.54, 1.807) is 0 Å². The lowest BCUT2D eigenvalue weighted by atomic mass is 10.3. The summed E-state index contributed by atoms with van der Waals surface area (Å²) in [6.45, 7) is 1.91. The van der Waals surface area contributed by atoms with Crippen molar-refractivity contribution >= 4 is 17.8 Å². The minimum atomic E-state index is -0.208. The molecule has 0 saturated carbocycles. The van der Waals surface area contributed by atoms with Gasteiger partial charge in [-0.15, -0.1) is 0 Å². The van der Waals surface area contributed by atoms with E-state index in [1.807, 2.05) is 22.4 Å². The molecule has 0 aliphatic heterocycles. The van der Waals surface area contributed by atoms with E-state index in [0.29, 0.717) is 0 Å². The standard InChI is InChI=1S/C5H9NO.B.H4NP/c1-3-5(4-6)7-2;;1-2/h5H,3H2,1-2H3;;1-2H2. The minimum absolute atomic E-state index is 0. The van der Waals surface area contributed by atoms with Crippen LogP contribution in [0.1, 0.15) is 13.3 Å². The van der Waals surface area contributed by atoms with E-state index in [9.17, 15) is 0 Å². The van der Waals surface area contributed by atoms with Crippen LogP contribution in [0.2, 0.25) is 0 Å². The fourth-order valence-electron chi connectivity index (χ4n) is 0.311. The summed E-state index contributed by atoms with van der Waals surface area (Å²) in [6, 6.07) is 1.98. The van der Waals surface area contributed by atoms with Crippen molar-refractivity contribution in [2.24, 2.45) is 5.50 Å². The van der Waals surface area contributed by atoms with Crippen LogP contribution < -0.4 is 5.50 Å². The molecule has 0 fully saturated rings. The third-order valence-electron chi connectivity index (χ3n) is 0.799. The first-order chi connectivity index (χ1) is 4.35. The Morgan fingerprint density at radius 2 is 2.10 bits per heavy atom. The number of hydrogen-bond donors (Lipinski definition) is 1. The summed E-state index contributed by atoms with van der Waals surface area (Å²) in [5.41, 5.74) is 4.42. The van der Waals surface area contributed by atoms with Gasteiger partial charge in [-0.1, -0.05) is 16.3 Å². The summed E-state index contributed by atoms with van der Waals surface area (Å²) in [5.74, 6) is 0. The largest absolute Gasteiger partial charge is 0.367 e. The second kappa shape index (κ2) is 16.0. The Labute approximate surface area is 66.8 Å². The maximum atomic E-state index is 8.15. The number of methoxy groups -OCH3 is 1. The lowest BCUT2D eigenvalue weighted by molar-refractivity contribution is 0.143. The van der Waals surface area contributed by atoms with E-state index < -0.39 is 0 Å². The van der Waals surface area contributed by atoms with Crippen molar-refractivity contribution in [1.29, 1.82) is 5.26 Å². The van der Waals surface area contributed by atoms with E-state index in [-0.39, 0.29) is 14.5 Å². The predicted molar refractivity (Wildman–Crippen MR) is 46.4 cm³/mol. The number of hydrogen-bond acceptors (Lipinski definition) is 3. The molecule has 0 amide bonds. The van der Waals surface area contributed by atoms with Crippen molar-refractivity contribution in [2.45, 2.75) is 19.4 Å². The van der Waals surface area contributed by atoms with Crippen LogP contribution in [-0.4, -0.2) is 21.6 Å². The van der Waals surface area contributed by atoms with Gasteiger partial charge in [0.1, 0.15) is 6.10 Å². The first-order valence-corrected chi connectivity index (χ1v) is 3.27. The van der Waals surface area contributed by atoms with Gasteiger partial charge in [0.2, 0.25) is 0 Å². The average molecular weight is 159 g/mol. The topological polar surface area (TPSA) is 59.0 Å². The number of nitriles is 1. The molecule has 0 aromatic heterocycles. The van der Waals surface area contributed by atoms with Gasteiger partial charge in [0, 0.05) is 15.5 Å². The molecular weight excluding hydrogens is 146 g/mol. The molecule has 3 radical (unpaired) electrons. The highest BCUT2D eigenvalue weighted by molar-refractivity contribution is 7.13. The molecule has 2 atom stereocenters. The van der Waals surface area contributed by atoms with E-state index >= 15 is 0 Å². The van der Waals surface area contributed by atoms with E-state index in [2.05, 4.69) is 10.2 Å². The van der Waals surface area contributed by atoms with Gasteiger partial charge in [-0.3, -0.25) is 0 Å². The lowest BCUT2D eigenvalue weighted by Crippen LogP contribution is -2.03. The van der Waals surface area contributed by atoms with Gasteiger partial charge in [-0.25, -0.2) is 0 Å². The molecular formula is C5H13BN2OP. The molecule has 2 unspecified atom stereocenters. The van der Waals surface area contributed by atoms with Crippen molar-refractivity contribution in [3.05, 3.63) is 0 Å². The molecule has 0 rings (SSSR count). The molecule has 3 nitrogen and oxygen atoms in total. The molecule has 10 heavy (non-hydrogen) atoms. The highest BCUT2D eigenvalue weighted by Crippen LogP contribution is 1.90. The first kappa shape index (κ1) is 16.5. The minimum Gasteiger partial charge on any atom is -0.367 e. The smallest absolute Gasteiger partial charge is 0.143 e. The maximum absolute atomic E-state index is 8.15. The van der Waals surface area contributed by atoms with Crippen LogP contribution in [0.3, 0.4) is 0 Å². The van der Waals surface area contributed by atoms with Crippen LogP contribution in [0, 0.1) is 11.3 Å². The molecule has 57 valence electrons. The third kappa shape index (κ3) is 10.8. The summed E-state index contributed by atoms with van der Waals surface area (Å²) in [4.78, 5) is 0. The molecule has 0 heterocycles. The molecule has 0 bridgehead atoms. The lowest BCUT2D eigenvalue weighted by Gasteiger charge is -1.98. The molecule has 0 spiro atoms. The molecule has 0 aromatic rings. The summed E-state index contributed by atoms with van der Waals surface area (Å²) < 4.78 is 4.69. The zero-order chi connectivity index (χ0) is 7.70. The van der Waals surface area contributed by atoms with Crippen molar-refractivity contribution in [3.63, 3.8) is 0 Å². The summed E-state index contributed by atoms with van der Waals surface area (Å²) in [7, 11) is 3.46. The second-order valence-electron chi connectivity index (χ2n) is 1.26. The second-order valence-corrected chi connectivity index (χ2v) is 1.26. The molecule has 5 heteroatoms. The molecule has 0 saturated heterocycles. The maximum Gasteiger partial charge on any atom is 0.143 e. The zero-order valence-corrected chi connectivity index (χ0v) is 7.53. The Balaban J connectivity index is -0.000000149. The Morgan fingerprint density at radius 1 is 1.70 bits per heavy atom. The van der Waals surface area contributed by atoms with Crippen LogP contribution >= 0.6 is 9.39 Å². The SMILES string of the molecule is CCC(C#N)OC.NP.[B]. The predicted octanol–water partition coefficient (Wildman–Crippen LogP) is 0.289. The summed E-state index contributed by atoms with van der Waals surface area (Å²) >= 11 is 0. The summed E-state index contributed by atoms with van der Waals surface area (Å²) in [5, 5.41) is 8.15. The highest BCUT2D eigenvalue weighted by atomic mass is 31.0. The quantitative estimate of drug-likeness (QED) is 0.465. The van der Waals surface area contributed by atoms with Gasteiger partial charge in [-0.05, 0) is 6.42 Å². The molecule has 0 aliphatic rings. The Bertz CT molecular complexity index is 82.2. The Morgan fingerprint density at radius 3 is 2.10 bits per heavy atom. The van der Waals surface area contributed by atoms with Crippen LogP contribution in [0.15, 0.2) is 0 Å². The Kier molecular flexibility index (Phi) is 26.3. The normalized spacial score (nSPS) is 9.50. The van der Waals surface area contributed by atoms with Gasteiger partial charge in [0.15, 0.2) is 0 Å². The molecule has 2 N–H and O–H groups in total. The van der Waals surface area contributed by atoms with Gasteiger partial charge < -0.3 is 10.2 Å². The van der Waals surface area contributed by atoms with E-state index in [4.69, 9.17) is 5.26 Å². The van der Waals surface area contributed by atoms with Gasteiger partial charge in [-0.2, -0.15) is 5.26 Å². The molecule has 0 aliphatic carbocycles. The van der Waals surface area contributed by atoms with Crippen LogP contribution in [0.5, 0.6) is 0 Å². The number of rotatable bonds is 2. The number of nitrogens with zero attached hydrogens (tertiary/aromatic N) is 1. The number of nitrogens with two attached hydrogens (primary N) is 1. The van der Waals surface area contributed by atoms with Gasteiger partial charge >= 0.3 is 0 Å². The first-order valence-electron chi connectivity index (χ1n) is 2.60. The fraction of sp³-hybridized carbons (Fsp3) is 0.800.